The Morgan fingerprint density at radius 1 is 1.31 bits per heavy atom. The Kier molecular flexibility index (Phi) is 6.06. The molecule has 8 heteroatoms. The van der Waals surface area contributed by atoms with Gasteiger partial charge < -0.3 is 24.5 Å². The van der Waals surface area contributed by atoms with Crippen LogP contribution in [-0.4, -0.2) is 73.2 Å². The van der Waals surface area contributed by atoms with Gasteiger partial charge in [-0.15, -0.1) is 0 Å². The number of hydrogen-bond acceptors (Lipinski definition) is 6. The van der Waals surface area contributed by atoms with Gasteiger partial charge in [-0.05, 0) is 24.7 Å². The van der Waals surface area contributed by atoms with Gasteiger partial charge in [-0.1, -0.05) is 5.16 Å². The zero-order chi connectivity index (χ0) is 18.4. The summed E-state index contributed by atoms with van der Waals surface area (Å²) in [6.45, 7) is 5.51. The van der Waals surface area contributed by atoms with Crippen LogP contribution in [0.5, 0.6) is 0 Å². The van der Waals surface area contributed by atoms with Crippen LogP contribution in [0.2, 0.25) is 0 Å². The molecule has 26 heavy (non-hydrogen) atoms. The molecule has 3 rings (SSSR count). The lowest BCUT2D eigenvalue weighted by molar-refractivity contribution is 0.312. The highest BCUT2D eigenvalue weighted by atomic mass is 16.5. The second-order valence-electron chi connectivity index (χ2n) is 6.56. The van der Waals surface area contributed by atoms with E-state index in [1.807, 2.05) is 30.3 Å². The van der Waals surface area contributed by atoms with Crippen LogP contribution >= 0.6 is 0 Å². The molecule has 140 valence electrons. The first kappa shape index (κ1) is 18.2. The number of nitrogens with zero attached hydrogens (tertiary/aromatic N) is 6. The van der Waals surface area contributed by atoms with E-state index in [0.29, 0.717) is 13.1 Å². The van der Waals surface area contributed by atoms with Crippen LogP contribution in [0.25, 0.3) is 0 Å². The van der Waals surface area contributed by atoms with E-state index in [0.717, 1.165) is 43.7 Å². The zero-order valence-corrected chi connectivity index (χ0v) is 15.7. The summed E-state index contributed by atoms with van der Waals surface area (Å²) in [5.74, 6) is 1.86. The highest BCUT2D eigenvalue weighted by molar-refractivity contribution is 5.79. The van der Waals surface area contributed by atoms with Gasteiger partial charge in [-0.2, -0.15) is 0 Å². The number of guanidine groups is 1. The number of nitrogens with one attached hydrogen (secondary N) is 1. The fourth-order valence-corrected chi connectivity index (χ4v) is 2.98. The number of likely N-dealkylation sites (N-methyl/N-ethyl adjacent to an activating group) is 1. The van der Waals surface area contributed by atoms with Gasteiger partial charge in [-0.25, -0.2) is 4.98 Å². The number of rotatable bonds is 5. The summed E-state index contributed by atoms with van der Waals surface area (Å²) in [6.07, 6.45) is 3.46. The zero-order valence-electron chi connectivity index (χ0n) is 15.7. The Hall–Kier alpha value is -2.61. The van der Waals surface area contributed by atoms with Gasteiger partial charge in [0.2, 0.25) is 0 Å². The Morgan fingerprint density at radius 3 is 2.81 bits per heavy atom. The van der Waals surface area contributed by atoms with Crippen molar-refractivity contribution in [2.45, 2.75) is 13.1 Å². The molecule has 1 fully saturated rings. The third-order valence-electron chi connectivity index (χ3n) is 4.55. The average molecular weight is 357 g/mol. The van der Waals surface area contributed by atoms with Crippen LogP contribution in [-0.2, 0) is 13.1 Å². The van der Waals surface area contributed by atoms with Gasteiger partial charge >= 0.3 is 0 Å². The summed E-state index contributed by atoms with van der Waals surface area (Å²) in [5, 5.41) is 7.34. The van der Waals surface area contributed by atoms with E-state index in [4.69, 9.17) is 4.52 Å². The van der Waals surface area contributed by atoms with Crippen molar-refractivity contribution in [1.29, 1.82) is 0 Å². The maximum absolute atomic E-state index is 4.88. The second kappa shape index (κ2) is 8.66. The molecule has 8 nitrogen and oxygen atoms in total. The van der Waals surface area contributed by atoms with Gasteiger partial charge in [0.05, 0.1) is 6.54 Å². The quantitative estimate of drug-likeness (QED) is 0.633. The van der Waals surface area contributed by atoms with Gasteiger partial charge in [0.15, 0.2) is 5.96 Å². The SMILES string of the molecule is CN=C(NCc1ccnc(N2CCN(C)CC2)c1)N(C)Cc1ccon1. The van der Waals surface area contributed by atoms with Crippen LogP contribution in [0.1, 0.15) is 11.3 Å². The Balaban J connectivity index is 1.57. The molecule has 3 heterocycles. The molecule has 1 N–H and O–H groups in total. The average Bonchev–Trinajstić information content (AvgIpc) is 3.16. The molecule has 0 saturated carbocycles. The summed E-state index contributed by atoms with van der Waals surface area (Å²) >= 11 is 0. The number of anilines is 1. The van der Waals surface area contributed by atoms with Crippen LogP contribution < -0.4 is 10.2 Å². The minimum Gasteiger partial charge on any atom is -0.364 e. The van der Waals surface area contributed by atoms with Gasteiger partial charge in [0, 0.05) is 59.1 Å². The number of hydrogen-bond donors (Lipinski definition) is 1. The molecule has 0 atom stereocenters. The predicted molar refractivity (Wildman–Crippen MR) is 102 cm³/mol. The van der Waals surface area contributed by atoms with Gasteiger partial charge in [-0.3, -0.25) is 4.99 Å². The lowest BCUT2D eigenvalue weighted by Gasteiger charge is -2.33. The topological polar surface area (TPSA) is 73.0 Å². The molecule has 0 bridgehead atoms. The van der Waals surface area contributed by atoms with Crippen molar-refractivity contribution in [2.75, 3.05) is 52.2 Å². The van der Waals surface area contributed by atoms with E-state index in [1.54, 1.807) is 13.3 Å². The first-order valence-electron chi connectivity index (χ1n) is 8.85. The smallest absolute Gasteiger partial charge is 0.194 e. The molecule has 1 aliphatic heterocycles. The summed E-state index contributed by atoms with van der Waals surface area (Å²) in [4.78, 5) is 15.6. The summed E-state index contributed by atoms with van der Waals surface area (Å²) in [6, 6.07) is 6.05. The lowest BCUT2D eigenvalue weighted by Crippen LogP contribution is -2.44. The van der Waals surface area contributed by atoms with Crippen LogP contribution in [0.15, 0.2) is 40.2 Å². The number of pyridine rings is 1. The molecule has 1 saturated heterocycles. The largest absolute Gasteiger partial charge is 0.364 e. The molecule has 0 spiro atoms. The second-order valence-corrected chi connectivity index (χ2v) is 6.56. The Morgan fingerprint density at radius 2 is 2.12 bits per heavy atom. The summed E-state index contributed by atoms with van der Waals surface area (Å²) in [7, 11) is 5.92. The van der Waals surface area contributed by atoms with Crippen LogP contribution in [0, 0.1) is 0 Å². The maximum Gasteiger partial charge on any atom is 0.194 e. The van der Waals surface area contributed by atoms with E-state index < -0.39 is 0 Å². The minimum absolute atomic E-state index is 0.638. The summed E-state index contributed by atoms with van der Waals surface area (Å²) in [5.41, 5.74) is 2.06. The minimum atomic E-state index is 0.638. The van der Waals surface area contributed by atoms with E-state index in [-0.39, 0.29) is 0 Å². The van der Waals surface area contributed by atoms with Crippen molar-refractivity contribution in [3.63, 3.8) is 0 Å². The Bertz CT molecular complexity index is 708. The van der Waals surface area contributed by atoms with Gasteiger partial charge in [0.25, 0.3) is 0 Å². The van der Waals surface area contributed by atoms with E-state index in [1.165, 1.54) is 5.56 Å². The lowest BCUT2D eigenvalue weighted by atomic mass is 10.2. The highest BCUT2D eigenvalue weighted by Gasteiger charge is 2.15. The number of piperazine rings is 1. The van der Waals surface area contributed by atoms with Crippen LogP contribution in [0.3, 0.4) is 0 Å². The van der Waals surface area contributed by atoms with Crippen molar-refractivity contribution in [3.05, 3.63) is 41.9 Å². The van der Waals surface area contributed by atoms with Crippen molar-refractivity contribution < 1.29 is 4.52 Å². The molecular formula is C18H27N7O. The first-order valence-corrected chi connectivity index (χ1v) is 8.85. The highest BCUT2D eigenvalue weighted by Crippen LogP contribution is 2.14. The molecule has 0 aromatic carbocycles. The van der Waals surface area contributed by atoms with E-state index in [9.17, 15) is 0 Å². The summed E-state index contributed by atoms with van der Waals surface area (Å²) < 4.78 is 4.88. The fraction of sp³-hybridized carbons (Fsp3) is 0.500. The molecule has 0 aliphatic carbocycles. The third-order valence-corrected chi connectivity index (χ3v) is 4.55. The molecule has 0 unspecified atom stereocenters. The van der Waals surface area contributed by atoms with Crippen molar-refractivity contribution in [2.24, 2.45) is 4.99 Å². The molecule has 2 aromatic rings. The van der Waals surface area contributed by atoms with E-state index >= 15 is 0 Å². The van der Waals surface area contributed by atoms with E-state index in [2.05, 4.69) is 43.4 Å². The number of aromatic nitrogens is 2. The van der Waals surface area contributed by atoms with Crippen LogP contribution in [0.4, 0.5) is 5.82 Å². The Labute approximate surface area is 154 Å². The van der Waals surface area contributed by atoms with Crippen molar-refractivity contribution in [1.82, 2.24) is 25.3 Å². The molecular weight excluding hydrogens is 330 g/mol. The van der Waals surface area contributed by atoms with Crippen molar-refractivity contribution in [3.8, 4) is 0 Å². The number of aliphatic imine (C=N–C) groups is 1. The molecule has 0 radical (unpaired) electrons. The molecule has 0 amide bonds. The third kappa shape index (κ3) is 4.72. The standard InChI is InChI=1S/C18H27N7O/c1-19-18(24(3)14-16-5-11-26-22-16)21-13-15-4-6-20-17(12-15)25-9-7-23(2)8-10-25/h4-6,11-12H,7-10,13-14H2,1-3H3,(H,19,21). The molecule has 2 aromatic heterocycles. The predicted octanol–water partition coefficient (Wildman–Crippen LogP) is 1.03. The first-order chi connectivity index (χ1) is 12.7. The van der Waals surface area contributed by atoms with Gasteiger partial charge in [0.1, 0.15) is 17.8 Å². The maximum atomic E-state index is 4.88. The molecule has 1 aliphatic rings. The monoisotopic (exact) mass is 357 g/mol. The van der Waals surface area contributed by atoms with Crippen molar-refractivity contribution >= 4 is 11.8 Å². The fourth-order valence-electron chi connectivity index (χ4n) is 2.98. The normalized spacial score (nSPS) is 16.0.